The van der Waals surface area contributed by atoms with Crippen LogP contribution in [0.15, 0.2) is 58.8 Å². The van der Waals surface area contributed by atoms with Gasteiger partial charge in [-0.1, -0.05) is 29.8 Å². The second kappa shape index (κ2) is 5.33. The van der Waals surface area contributed by atoms with E-state index < -0.39 is 0 Å². The molecule has 19 heavy (non-hydrogen) atoms. The predicted octanol–water partition coefficient (Wildman–Crippen LogP) is 4.35. The zero-order valence-electron chi connectivity index (χ0n) is 10.9. The van der Waals surface area contributed by atoms with E-state index in [2.05, 4.69) is 29.3 Å². The second-order valence-corrected chi connectivity index (χ2v) is 4.86. The molecule has 1 atom stereocenters. The summed E-state index contributed by atoms with van der Waals surface area (Å²) in [5, 5.41) is 8.46. The number of azo groups is 1. The van der Waals surface area contributed by atoms with Crippen LogP contribution in [0.25, 0.3) is 0 Å². The number of benzene rings is 2. The van der Waals surface area contributed by atoms with Crippen LogP contribution in [-0.4, -0.2) is 12.7 Å². The molecule has 1 heterocycles. The van der Waals surface area contributed by atoms with Crippen molar-refractivity contribution in [2.24, 2.45) is 10.2 Å². The first-order valence-electron chi connectivity index (χ1n) is 6.48. The molecule has 1 unspecified atom stereocenters. The van der Waals surface area contributed by atoms with Crippen LogP contribution < -0.4 is 0 Å². The minimum atomic E-state index is 0.431. The Morgan fingerprint density at radius 1 is 0.947 bits per heavy atom. The average Bonchev–Trinajstić information content (AvgIpc) is 3.24. The summed E-state index contributed by atoms with van der Waals surface area (Å²) in [6, 6.07) is 16.2. The zero-order valence-corrected chi connectivity index (χ0v) is 10.9. The first-order chi connectivity index (χ1) is 9.29. The van der Waals surface area contributed by atoms with E-state index in [1.165, 1.54) is 11.1 Å². The molecule has 1 saturated heterocycles. The van der Waals surface area contributed by atoms with Crippen LogP contribution in [0, 0.1) is 6.92 Å². The largest absolute Gasteiger partial charge is 0.373 e. The van der Waals surface area contributed by atoms with Gasteiger partial charge in [0.2, 0.25) is 0 Å². The highest BCUT2D eigenvalue weighted by Crippen LogP contribution is 2.21. The van der Waals surface area contributed by atoms with Gasteiger partial charge in [-0.05, 0) is 36.8 Å². The van der Waals surface area contributed by atoms with Gasteiger partial charge < -0.3 is 4.74 Å². The minimum absolute atomic E-state index is 0.431. The molecule has 2 aromatic rings. The molecular weight excluding hydrogens is 236 g/mol. The monoisotopic (exact) mass is 252 g/mol. The van der Waals surface area contributed by atoms with E-state index in [0.29, 0.717) is 6.10 Å². The van der Waals surface area contributed by atoms with Gasteiger partial charge in [0.1, 0.15) is 0 Å². The molecule has 2 aromatic carbocycles. The number of aryl methyl sites for hydroxylation is 1. The van der Waals surface area contributed by atoms with E-state index >= 15 is 0 Å². The molecule has 96 valence electrons. The summed E-state index contributed by atoms with van der Waals surface area (Å²) < 4.78 is 5.22. The summed E-state index contributed by atoms with van der Waals surface area (Å²) in [5.74, 6) is 0. The molecule has 1 fully saturated rings. The maximum atomic E-state index is 5.22. The van der Waals surface area contributed by atoms with Crippen molar-refractivity contribution < 1.29 is 4.74 Å². The fourth-order valence-electron chi connectivity index (χ4n) is 1.87. The van der Waals surface area contributed by atoms with E-state index in [1.54, 1.807) is 0 Å². The molecule has 3 nitrogen and oxygen atoms in total. The van der Waals surface area contributed by atoms with Crippen LogP contribution in [0.5, 0.6) is 0 Å². The van der Waals surface area contributed by atoms with Gasteiger partial charge >= 0.3 is 0 Å². The van der Waals surface area contributed by atoms with Crippen LogP contribution in [0.4, 0.5) is 11.4 Å². The Hall–Kier alpha value is -2.00. The van der Waals surface area contributed by atoms with Gasteiger partial charge in [0.05, 0.1) is 24.1 Å². The number of hydrogen-bond donors (Lipinski definition) is 0. The summed E-state index contributed by atoms with van der Waals surface area (Å²) in [7, 11) is 0. The molecule has 1 aliphatic rings. The van der Waals surface area contributed by atoms with Crippen molar-refractivity contribution >= 4 is 11.4 Å². The summed E-state index contributed by atoms with van der Waals surface area (Å²) in [6.45, 7) is 2.96. The third kappa shape index (κ3) is 3.48. The fraction of sp³-hybridized carbons (Fsp3) is 0.250. The lowest BCUT2D eigenvalue weighted by Crippen LogP contribution is -1.91. The van der Waals surface area contributed by atoms with E-state index in [9.17, 15) is 0 Å². The molecule has 0 aliphatic carbocycles. The van der Waals surface area contributed by atoms with Crippen LogP contribution in [0.3, 0.4) is 0 Å². The minimum Gasteiger partial charge on any atom is -0.373 e. The molecule has 0 amide bonds. The highest BCUT2D eigenvalue weighted by atomic mass is 16.6. The number of nitrogens with zero attached hydrogens (tertiary/aromatic N) is 2. The fourth-order valence-corrected chi connectivity index (χ4v) is 1.87. The van der Waals surface area contributed by atoms with Gasteiger partial charge in [0.25, 0.3) is 0 Å². The Morgan fingerprint density at radius 3 is 2.00 bits per heavy atom. The van der Waals surface area contributed by atoms with Crippen LogP contribution in [0.1, 0.15) is 11.1 Å². The van der Waals surface area contributed by atoms with Gasteiger partial charge in [0, 0.05) is 6.42 Å². The Bertz CT molecular complexity index is 569. The lowest BCUT2D eigenvalue weighted by atomic mass is 10.1. The number of epoxide rings is 1. The van der Waals surface area contributed by atoms with E-state index in [0.717, 1.165) is 24.4 Å². The van der Waals surface area contributed by atoms with Crippen LogP contribution in [0.2, 0.25) is 0 Å². The lowest BCUT2D eigenvalue weighted by Gasteiger charge is -1.98. The Labute approximate surface area is 113 Å². The van der Waals surface area contributed by atoms with E-state index in [1.807, 2.05) is 36.4 Å². The van der Waals surface area contributed by atoms with E-state index in [-0.39, 0.29) is 0 Å². The van der Waals surface area contributed by atoms with Crippen molar-refractivity contribution in [2.75, 3.05) is 6.61 Å². The summed E-state index contributed by atoms with van der Waals surface area (Å²) >= 11 is 0. The average molecular weight is 252 g/mol. The predicted molar refractivity (Wildman–Crippen MR) is 75.2 cm³/mol. The Morgan fingerprint density at radius 2 is 1.47 bits per heavy atom. The number of hydrogen-bond acceptors (Lipinski definition) is 3. The smallest absolute Gasteiger partial charge is 0.0857 e. The number of ether oxygens (including phenoxy) is 1. The first-order valence-corrected chi connectivity index (χ1v) is 6.48. The topological polar surface area (TPSA) is 37.2 Å². The van der Waals surface area contributed by atoms with Gasteiger partial charge in [-0.25, -0.2) is 0 Å². The maximum absolute atomic E-state index is 5.22. The van der Waals surface area contributed by atoms with Gasteiger partial charge in [-0.2, -0.15) is 10.2 Å². The van der Waals surface area contributed by atoms with Crippen LogP contribution >= 0.6 is 0 Å². The molecule has 0 N–H and O–H groups in total. The zero-order chi connectivity index (χ0) is 13.1. The second-order valence-electron chi connectivity index (χ2n) is 4.86. The van der Waals surface area contributed by atoms with Crippen LogP contribution in [-0.2, 0) is 11.2 Å². The molecule has 3 rings (SSSR count). The van der Waals surface area contributed by atoms with Crippen molar-refractivity contribution in [3.05, 3.63) is 59.7 Å². The molecular formula is C16H16N2O. The van der Waals surface area contributed by atoms with Gasteiger partial charge in [-0.15, -0.1) is 0 Å². The lowest BCUT2D eigenvalue weighted by molar-refractivity contribution is 0.407. The molecule has 0 radical (unpaired) electrons. The standard InChI is InChI=1S/C16H16N2O/c1-12-2-6-14(7-3-12)17-18-15-8-4-13(5-9-15)10-16-11-19-16/h2-9,16H,10-11H2,1H3. The van der Waals surface area contributed by atoms with Crippen molar-refractivity contribution in [2.45, 2.75) is 19.4 Å². The first kappa shape index (κ1) is 12.1. The molecule has 0 saturated carbocycles. The number of rotatable bonds is 4. The van der Waals surface area contributed by atoms with Crippen molar-refractivity contribution in [3.63, 3.8) is 0 Å². The third-order valence-corrected chi connectivity index (χ3v) is 3.12. The van der Waals surface area contributed by atoms with Crippen molar-refractivity contribution in [3.8, 4) is 0 Å². The maximum Gasteiger partial charge on any atom is 0.0857 e. The summed E-state index contributed by atoms with van der Waals surface area (Å²) in [4.78, 5) is 0. The molecule has 1 aliphatic heterocycles. The highest BCUT2D eigenvalue weighted by Gasteiger charge is 2.22. The SMILES string of the molecule is Cc1ccc(N=Nc2ccc(CC3CO3)cc2)cc1. The third-order valence-electron chi connectivity index (χ3n) is 3.12. The normalized spacial score (nSPS) is 17.8. The molecule has 3 heteroatoms. The molecule has 0 spiro atoms. The van der Waals surface area contributed by atoms with Crippen molar-refractivity contribution in [1.29, 1.82) is 0 Å². The van der Waals surface area contributed by atoms with Gasteiger partial charge in [0.15, 0.2) is 0 Å². The summed E-state index contributed by atoms with van der Waals surface area (Å²) in [6.07, 6.45) is 1.43. The van der Waals surface area contributed by atoms with Gasteiger partial charge in [-0.3, -0.25) is 0 Å². The van der Waals surface area contributed by atoms with Crippen molar-refractivity contribution in [1.82, 2.24) is 0 Å². The summed E-state index contributed by atoms with van der Waals surface area (Å²) in [5.41, 5.74) is 4.27. The molecule has 0 bridgehead atoms. The highest BCUT2D eigenvalue weighted by molar-refractivity contribution is 5.42. The van der Waals surface area contributed by atoms with E-state index in [4.69, 9.17) is 4.74 Å². The Kier molecular flexibility index (Phi) is 3.38. The quantitative estimate of drug-likeness (QED) is 0.588. The Balaban J connectivity index is 1.66. The molecule has 0 aromatic heterocycles.